The van der Waals surface area contributed by atoms with Gasteiger partial charge in [0.05, 0.1) is 10.7 Å². The van der Waals surface area contributed by atoms with Gasteiger partial charge in [-0.1, -0.05) is 42.5 Å². The van der Waals surface area contributed by atoms with Crippen LogP contribution in [0.1, 0.15) is 22.8 Å². The molecule has 0 amide bonds. The highest BCUT2D eigenvalue weighted by Gasteiger charge is 2.36. The summed E-state index contributed by atoms with van der Waals surface area (Å²) < 4.78 is 69.4. The minimum atomic E-state index is -2.54. The zero-order valence-electron chi connectivity index (χ0n) is 18.3. The van der Waals surface area contributed by atoms with Crippen molar-refractivity contribution in [2.45, 2.75) is 11.9 Å². The van der Waals surface area contributed by atoms with Gasteiger partial charge in [0.1, 0.15) is 22.3 Å². The van der Waals surface area contributed by atoms with E-state index in [2.05, 4.69) is 0 Å². The topological polar surface area (TPSA) is 86.5 Å². The van der Waals surface area contributed by atoms with E-state index in [1.807, 2.05) is 18.2 Å². The lowest BCUT2D eigenvalue weighted by atomic mass is 9.94. The molecule has 1 unspecified atom stereocenters. The van der Waals surface area contributed by atoms with Gasteiger partial charge in [-0.2, -0.15) is 0 Å². The quantitative estimate of drug-likeness (QED) is 0.159. The Morgan fingerprint density at radius 3 is 2.22 bits per heavy atom. The van der Waals surface area contributed by atoms with Crippen molar-refractivity contribution in [3.8, 4) is 16.9 Å². The summed E-state index contributed by atoms with van der Waals surface area (Å²) >= 11 is 0. The summed E-state index contributed by atoms with van der Waals surface area (Å²) in [6.07, 6.45) is -0.326. The molecule has 1 aliphatic heterocycles. The minimum Gasteiger partial charge on any atom is -0.474 e. The number of halogens is 3. The van der Waals surface area contributed by atoms with Crippen LogP contribution in [0.2, 0.25) is 0 Å². The minimum absolute atomic E-state index is 0.0631. The normalized spacial score (nSPS) is 14.9. The van der Waals surface area contributed by atoms with E-state index >= 15 is 0 Å². The van der Waals surface area contributed by atoms with E-state index in [1.165, 1.54) is 6.08 Å². The van der Waals surface area contributed by atoms with E-state index in [-0.39, 0.29) is 11.5 Å². The van der Waals surface area contributed by atoms with Gasteiger partial charge < -0.3 is 4.74 Å². The van der Waals surface area contributed by atoms with E-state index < -0.39 is 50.4 Å². The summed E-state index contributed by atoms with van der Waals surface area (Å²) in [6.45, 7) is 0. The average molecular weight is 511 g/mol. The van der Waals surface area contributed by atoms with Crippen molar-refractivity contribution in [3.05, 3.63) is 117 Å². The van der Waals surface area contributed by atoms with Crippen molar-refractivity contribution < 1.29 is 31.2 Å². The van der Waals surface area contributed by atoms with Gasteiger partial charge in [0.2, 0.25) is 6.10 Å². The number of nitrogens with zero attached hydrogens (tertiary/aromatic N) is 1. The lowest BCUT2D eigenvalue weighted by Crippen LogP contribution is -2.21. The molecule has 1 atom stereocenters. The third-order valence-corrected chi connectivity index (χ3v) is 6.58. The first-order chi connectivity index (χ1) is 17.2. The molecule has 4 aromatic rings. The maximum atomic E-state index is 14.4. The number of thiol groups is 1. The van der Waals surface area contributed by atoms with Crippen LogP contribution in [-0.2, 0) is 16.5 Å². The van der Waals surface area contributed by atoms with Crippen LogP contribution in [0.4, 0.5) is 13.2 Å². The molecule has 0 radical (unpaired) electrons. The summed E-state index contributed by atoms with van der Waals surface area (Å²) in [5.74, 6) is -3.77. The van der Waals surface area contributed by atoms with Crippen LogP contribution in [0.15, 0.2) is 72.4 Å². The van der Waals surface area contributed by atoms with Gasteiger partial charge in [0.15, 0.2) is 11.6 Å². The van der Waals surface area contributed by atoms with Gasteiger partial charge in [-0.3, -0.25) is 10.1 Å². The number of ether oxygens (including phenoxy) is 1. The van der Waals surface area contributed by atoms with Crippen molar-refractivity contribution in [1.82, 2.24) is 0 Å². The predicted molar refractivity (Wildman–Crippen MR) is 128 cm³/mol. The second-order valence-electron chi connectivity index (χ2n) is 8.21. The lowest BCUT2D eigenvalue weighted by Gasteiger charge is -2.24. The summed E-state index contributed by atoms with van der Waals surface area (Å²) in [5, 5.41) is 13.3. The molecule has 0 fully saturated rings. The van der Waals surface area contributed by atoms with E-state index in [0.29, 0.717) is 28.6 Å². The van der Waals surface area contributed by atoms with Crippen LogP contribution in [0.5, 0.6) is 5.75 Å². The van der Waals surface area contributed by atoms with Gasteiger partial charge in [-0.05, 0) is 45.7 Å². The predicted octanol–water partition coefficient (Wildman–Crippen LogP) is 5.79. The molecule has 36 heavy (non-hydrogen) atoms. The summed E-state index contributed by atoms with van der Waals surface area (Å²) in [6, 6.07) is 16.7. The molecule has 6 nitrogen and oxygen atoms in total. The van der Waals surface area contributed by atoms with Gasteiger partial charge in [0.25, 0.3) is 5.70 Å². The Labute approximate surface area is 204 Å². The molecule has 1 aliphatic rings. The molecule has 10 heteroatoms. The van der Waals surface area contributed by atoms with Crippen molar-refractivity contribution >= 4 is 27.6 Å². The highest BCUT2D eigenvalue weighted by atomic mass is 32.2. The zero-order chi connectivity index (χ0) is 25.6. The second kappa shape index (κ2) is 9.12. The molecule has 0 N–H and O–H groups in total. The first kappa shape index (κ1) is 23.6. The number of hydrogen-bond donors (Lipinski definition) is 1. The SMILES string of the molecule is O=[N+]([O-])C1=Cc2c(ccc3ccc(-c4ccc(C[SH](=O)=O)cc4)cc23)OC1c1cc(F)c(F)cc1F. The van der Waals surface area contributed by atoms with Gasteiger partial charge in [0, 0.05) is 23.3 Å². The fraction of sp³-hybridized carbons (Fsp3) is 0.0769. The zero-order valence-corrected chi connectivity index (χ0v) is 19.2. The Balaban J connectivity index is 1.61. The molecule has 0 saturated heterocycles. The van der Waals surface area contributed by atoms with Crippen LogP contribution in [0, 0.1) is 27.6 Å². The fourth-order valence-corrected chi connectivity index (χ4v) is 4.74. The van der Waals surface area contributed by atoms with Gasteiger partial charge in [-0.15, -0.1) is 0 Å². The van der Waals surface area contributed by atoms with E-state index in [9.17, 15) is 31.7 Å². The van der Waals surface area contributed by atoms with Crippen LogP contribution in [0.3, 0.4) is 0 Å². The third-order valence-electron chi connectivity index (χ3n) is 5.96. The lowest BCUT2D eigenvalue weighted by molar-refractivity contribution is -0.434. The standard InChI is InChI=1S/C26H16F3NO5S/c27-21-12-23(29)22(28)10-20(21)26-24(30(31)32)11-19-18-9-17(6-5-16(18)7-8-25(19)35-26)15-3-1-14(2-4-15)13-36(33)34/h1-12,26,36H,13H2. The maximum absolute atomic E-state index is 14.4. The number of rotatable bonds is 5. The van der Waals surface area contributed by atoms with Gasteiger partial charge >= 0.3 is 0 Å². The summed E-state index contributed by atoms with van der Waals surface area (Å²) in [7, 11) is -2.54. The molecule has 0 aliphatic carbocycles. The molecule has 5 rings (SSSR count). The van der Waals surface area contributed by atoms with Crippen molar-refractivity contribution in [1.29, 1.82) is 0 Å². The molecule has 4 aromatic carbocycles. The number of fused-ring (bicyclic) bond motifs is 3. The van der Waals surface area contributed by atoms with E-state index in [4.69, 9.17) is 4.74 Å². The first-order valence-electron chi connectivity index (χ1n) is 10.7. The maximum Gasteiger partial charge on any atom is 0.291 e. The third kappa shape index (κ3) is 4.31. The second-order valence-corrected chi connectivity index (χ2v) is 9.19. The Morgan fingerprint density at radius 1 is 0.861 bits per heavy atom. The molecular weight excluding hydrogens is 495 g/mol. The number of hydrogen-bond acceptors (Lipinski definition) is 5. The highest BCUT2D eigenvalue weighted by Crippen LogP contribution is 2.42. The van der Waals surface area contributed by atoms with Crippen LogP contribution in [0.25, 0.3) is 28.0 Å². The molecule has 0 spiro atoms. The van der Waals surface area contributed by atoms with Crippen LogP contribution >= 0.6 is 0 Å². The Morgan fingerprint density at radius 2 is 1.53 bits per heavy atom. The molecule has 1 heterocycles. The van der Waals surface area contributed by atoms with E-state index in [1.54, 1.807) is 36.4 Å². The highest BCUT2D eigenvalue weighted by molar-refractivity contribution is 7.71. The number of benzene rings is 4. The Bertz CT molecular complexity index is 1640. The van der Waals surface area contributed by atoms with Crippen molar-refractivity contribution in [3.63, 3.8) is 0 Å². The molecule has 0 saturated carbocycles. The molecule has 182 valence electrons. The van der Waals surface area contributed by atoms with E-state index in [0.717, 1.165) is 16.5 Å². The van der Waals surface area contributed by atoms with Crippen molar-refractivity contribution in [2.24, 2.45) is 0 Å². The fourth-order valence-electron chi connectivity index (χ4n) is 4.23. The van der Waals surface area contributed by atoms with Crippen LogP contribution < -0.4 is 4.74 Å². The Kier molecular flexibility index (Phi) is 5.97. The molecule has 0 aromatic heterocycles. The summed E-state index contributed by atoms with van der Waals surface area (Å²) in [4.78, 5) is 11.1. The molecular formula is C26H16F3NO5S. The largest absolute Gasteiger partial charge is 0.474 e. The summed E-state index contributed by atoms with van der Waals surface area (Å²) in [5.41, 5.74) is 1.60. The smallest absolute Gasteiger partial charge is 0.291 e. The monoisotopic (exact) mass is 511 g/mol. The molecule has 0 bridgehead atoms. The van der Waals surface area contributed by atoms with Crippen LogP contribution in [-0.4, -0.2) is 13.3 Å². The average Bonchev–Trinajstić information content (AvgIpc) is 2.85. The van der Waals surface area contributed by atoms with Crippen molar-refractivity contribution in [2.75, 3.05) is 0 Å². The number of nitro groups is 1. The Hall–Kier alpha value is -4.18. The van der Waals surface area contributed by atoms with Gasteiger partial charge in [-0.25, -0.2) is 21.6 Å². The first-order valence-corrected chi connectivity index (χ1v) is 12.0.